The van der Waals surface area contributed by atoms with Gasteiger partial charge >= 0.3 is 5.97 Å². The van der Waals surface area contributed by atoms with Gasteiger partial charge in [-0.2, -0.15) is 0 Å². The second kappa shape index (κ2) is 11.5. The molecular formula is C22H25N3O6S. The molecule has 1 N–H and O–H groups in total. The lowest BCUT2D eigenvalue weighted by molar-refractivity contribution is -0.146. The summed E-state index contributed by atoms with van der Waals surface area (Å²) in [5, 5.41) is 3.13. The highest BCUT2D eigenvalue weighted by Crippen LogP contribution is 2.27. The third-order valence-corrected chi connectivity index (χ3v) is 5.72. The number of hydrogen-bond donors (Lipinski definition) is 1. The van der Waals surface area contributed by atoms with E-state index in [0.29, 0.717) is 46.2 Å². The maximum absolute atomic E-state index is 12.9. The molecule has 0 bridgehead atoms. The largest absolute Gasteiger partial charge is 0.462 e. The van der Waals surface area contributed by atoms with Crippen molar-refractivity contribution in [3.63, 3.8) is 0 Å². The molecule has 0 radical (unpaired) electrons. The van der Waals surface area contributed by atoms with Gasteiger partial charge in [0.25, 0.3) is 11.5 Å². The number of amides is 1. The molecule has 0 spiro atoms. The fraction of sp³-hybridized carbons (Fsp3) is 0.364. The van der Waals surface area contributed by atoms with Crippen LogP contribution in [0.25, 0.3) is 10.2 Å². The summed E-state index contributed by atoms with van der Waals surface area (Å²) in [6.45, 7) is 5.17. The number of para-hydroxylation sites is 1. The first-order valence-electron chi connectivity index (χ1n) is 10.2. The maximum atomic E-state index is 12.9. The number of aryl methyl sites for hydroxylation is 1. The van der Waals surface area contributed by atoms with E-state index in [-0.39, 0.29) is 25.7 Å². The van der Waals surface area contributed by atoms with Crippen LogP contribution in [-0.2, 0) is 25.5 Å². The highest BCUT2D eigenvalue weighted by atomic mass is 32.1. The Kier molecular flexibility index (Phi) is 8.48. The molecule has 1 aromatic carbocycles. The third kappa shape index (κ3) is 6.00. The molecule has 0 aliphatic heterocycles. The van der Waals surface area contributed by atoms with Crippen LogP contribution in [-0.4, -0.2) is 54.5 Å². The van der Waals surface area contributed by atoms with Crippen molar-refractivity contribution in [3.8, 4) is 0 Å². The molecule has 3 rings (SSSR count). The lowest BCUT2D eigenvalue weighted by atomic mass is 10.2. The average molecular weight is 460 g/mol. The van der Waals surface area contributed by atoms with Crippen molar-refractivity contribution in [3.05, 3.63) is 57.5 Å². The summed E-state index contributed by atoms with van der Waals surface area (Å²) in [5.74, 6) is -0.886. The fourth-order valence-corrected chi connectivity index (χ4v) is 4.00. The Morgan fingerprint density at radius 1 is 1.09 bits per heavy atom. The summed E-state index contributed by atoms with van der Waals surface area (Å²) in [6, 6.07) is 9.05. The Labute approximate surface area is 188 Å². The van der Waals surface area contributed by atoms with Crippen LogP contribution in [0, 0.1) is 6.92 Å². The lowest BCUT2D eigenvalue weighted by Crippen LogP contribution is -2.26. The summed E-state index contributed by atoms with van der Waals surface area (Å²) >= 11 is 1.14. The van der Waals surface area contributed by atoms with Gasteiger partial charge in [0.2, 0.25) is 0 Å². The van der Waals surface area contributed by atoms with Crippen molar-refractivity contribution in [1.82, 2.24) is 9.55 Å². The number of anilines is 1. The molecule has 0 unspecified atom stereocenters. The Morgan fingerprint density at radius 3 is 2.56 bits per heavy atom. The second-order valence-corrected chi connectivity index (χ2v) is 7.76. The van der Waals surface area contributed by atoms with Gasteiger partial charge in [0.15, 0.2) is 0 Å². The van der Waals surface area contributed by atoms with Gasteiger partial charge in [-0.05, 0) is 31.5 Å². The SMILES string of the molecule is CCOCCOCCOC(=O)Cn1cnc2sc(C(=O)Nc3ccccc3)c(C)c2c1=O. The first kappa shape index (κ1) is 23.6. The molecule has 170 valence electrons. The molecule has 3 aromatic rings. The van der Waals surface area contributed by atoms with Crippen molar-refractivity contribution >= 4 is 39.1 Å². The van der Waals surface area contributed by atoms with Crippen molar-refractivity contribution in [2.24, 2.45) is 0 Å². The molecule has 0 aliphatic carbocycles. The first-order valence-corrected chi connectivity index (χ1v) is 11.0. The normalized spacial score (nSPS) is 10.9. The molecule has 1 amide bonds. The van der Waals surface area contributed by atoms with E-state index in [1.807, 2.05) is 25.1 Å². The second-order valence-electron chi connectivity index (χ2n) is 6.76. The van der Waals surface area contributed by atoms with Crippen molar-refractivity contribution in [2.75, 3.05) is 38.4 Å². The van der Waals surface area contributed by atoms with E-state index in [1.54, 1.807) is 19.1 Å². The van der Waals surface area contributed by atoms with Gasteiger partial charge in [-0.15, -0.1) is 11.3 Å². The number of aromatic nitrogens is 2. The number of rotatable bonds is 11. The number of nitrogens with zero attached hydrogens (tertiary/aromatic N) is 2. The zero-order chi connectivity index (χ0) is 22.9. The van der Waals surface area contributed by atoms with Gasteiger partial charge in [-0.3, -0.25) is 19.0 Å². The van der Waals surface area contributed by atoms with Gasteiger partial charge in [0.05, 0.1) is 36.4 Å². The number of carbonyl (C=O) groups excluding carboxylic acids is 2. The van der Waals surface area contributed by atoms with E-state index in [0.717, 1.165) is 11.3 Å². The minimum Gasteiger partial charge on any atom is -0.462 e. The van der Waals surface area contributed by atoms with E-state index in [9.17, 15) is 14.4 Å². The topological polar surface area (TPSA) is 109 Å². The molecule has 9 nitrogen and oxygen atoms in total. The fourth-order valence-electron chi connectivity index (χ4n) is 2.96. The Morgan fingerprint density at radius 2 is 1.81 bits per heavy atom. The molecule has 0 saturated heterocycles. The molecule has 10 heteroatoms. The van der Waals surface area contributed by atoms with Gasteiger partial charge in [0.1, 0.15) is 18.0 Å². The van der Waals surface area contributed by atoms with Crippen LogP contribution in [0.5, 0.6) is 0 Å². The van der Waals surface area contributed by atoms with E-state index in [2.05, 4.69) is 10.3 Å². The van der Waals surface area contributed by atoms with Crippen LogP contribution in [0.3, 0.4) is 0 Å². The smallest absolute Gasteiger partial charge is 0.326 e. The molecule has 0 fully saturated rings. The van der Waals surface area contributed by atoms with Crippen molar-refractivity contribution < 1.29 is 23.8 Å². The van der Waals surface area contributed by atoms with E-state index in [1.165, 1.54) is 10.9 Å². The summed E-state index contributed by atoms with van der Waals surface area (Å²) in [6.07, 6.45) is 1.29. The van der Waals surface area contributed by atoms with E-state index in [4.69, 9.17) is 14.2 Å². The lowest BCUT2D eigenvalue weighted by Gasteiger charge is -2.08. The quantitative estimate of drug-likeness (QED) is 0.347. The number of thiophene rings is 1. The number of fused-ring (bicyclic) bond motifs is 1. The third-order valence-electron chi connectivity index (χ3n) is 4.52. The minimum atomic E-state index is -0.573. The zero-order valence-electron chi connectivity index (χ0n) is 18.0. The van der Waals surface area contributed by atoms with E-state index >= 15 is 0 Å². The van der Waals surface area contributed by atoms with Gasteiger partial charge < -0.3 is 19.5 Å². The summed E-state index contributed by atoms with van der Waals surface area (Å²) < 4.78 is 16.7. The molecule has 0 aliphatic rings. The number of benzene rings is 1. The van der Waals surface area contributed by atoms with Crippen LogP contribution >= 0.6 is 11.3 Å². The number of ether oxygens (including phenoxy) is 3. The predicted octanol–water partition coefficient (Wildman–Crippen LogP) is 2.62. The maximum Gasteiger partial charge on any atom is 0.326 e. The van der Waals surface area contributed by atoms with Crippen LogP contribution in [0.2, 0.25) is 0 Å². The van der Waals surface area contributed by atoms with Gasteiger partial charge in [-0.25, -0.2) is 4.98 Å². The van der Waals surface area contributed by atoms with Gasteiger partial charge in [0, 0.05) is 12.3 Å². The summed E-state index contributed by atoms with van der Waals surface area (Å²) in [5.41, 5.74) is 0.790. The summed E-state index contributed by atoms with van der Waals surface area (Å²) in [7, 11) is 0. The average Bonchev–Trinajstić information content (AvgIpc) is 3.13. The number of hydrogen-bond acceptors (Lipinski definition) is 8. The first-order chi connectivity index (χ1) is 15.5. The van der Waals surface area contributed by atoms with E-state index < -0.39 is 11.5 Å². The molecule has 0 atom stereocenters. The standard InChI is InChI=1S/C22H25N3O6S/c1-3-29-9-10-30-11-12-31-17(26)13-25-14-23-21-18(22(25)28)15(2)19(32-21)20(27)24-16-7-5-4-6-8-16/h4-8,14H,3,9-13H2,1-2H3,(H,24,27). The van der Waals surface area contributed by atoms with Crippen molar-refractivity contribution in [1.29, 1.82) is 0 Å². The predicted molar refractivity (Wildman–Crippen MR) is 121 cm³/mol. The van der Waals surface area contributed by atoms with Crippen LogP contribution in [0.15, 0.2) is 41.5 Å². The molecule has 2 heterocycles. The monoisotopic (exact) mass is 459 g/mol. The molecular weight excluding hydrogens is 434 g/mol. The van der Waals surface area contributed by atoms with Gasteiger partial charge in [-0.1, -0.05) is 18.2 Å². The molecule has 32 heavy (non-hydrogen) atoms. The van der Waals surface area contributed by atoms with Crippen LogP contribution in [0.4, 0.5) is 5.69 Å². The molecule has 2 aromatic heterocycles. The number of esters is 1. The summed E-state index contributed by atoms with van der Waals surface area (Å²) in [4.78, 5) is 42.8. The Hall–Kier alpha value is -3.08. The zero-order valence-corrected chi connectivity index (χ0v) is 18.8. The Bertz CT molecular complexity index is 1130. The number of nitrogens with one attached hydrogen (secondary N) is 1. The van der Waals surface area contributed by atoms with Crippen LogP contribution in [0.1, 0.15) is 22.2 Å². The Balaban J connectivity index is 1.64. The highest BCUT2D eigenvalue weighted by Gasteiger charge is 2.20. The van der Waals surface area contributed by atoms with Crippen LogP contribution < -0.4 is 10.9 Å². The minimum absolute atomic E-state index is 0.0800. The molecule has 0 saturated carbocycles. The highest BCUT2D eigenvalue weighted by molar-refractivity contribution is 7.20. The number of carbonyl (C=O) groups is 2. The van der Waals surface area contributed by atoms with Crippen molar-refractivity contribution in [2.45, 2.75) is 20.4 Å².